The smallest absolute Gasteiger partial charge is 0.280 e. The molecule has 0 spiro atoms. The number of aromatic amines is 1. The maximum Gasteiger partial charge on any atom is 0.280 e. The zero-order chi connectivity index (χ0) is 14.9. The third kappa shape index (κ3) is 3.24. The maximum atomic E-state index is 11.6. The van der Waals surface area contributed by atoms with Crippen LogP contribution in [0.5, 0.6) is 0 Å². The highest BCUT2D eigenvalue weighted by atomic mass is 16.7. The van der Waals surface area contributed by atoms with Gasteiger partial charge in [0.25, 0.3) is 11.5 Å². The van der Waals surface area contributed by atoms with Gasteiger partial charge in [0.1, 0.15) is 0 Å². The van der Waals surface area contributed by atoms with E-state index in [-0.39, 0.29) is 29.2 Å². The topological polar surface area (TPSA) is 178 Å². The Morgan fingerprint density at radius 3 is 2.70 bits per heavy atom. The summed E-state index contributed by atoms with van der Waals surface area (Å²) in [5.41, 5.74) is 4.72. The number of aliphatic hydroxyl groups excluding tert-OH is 1. The first-order chi connectivity index (χ1) is 9.26. The van der Waals surface area contributed by atoms with Gasteiger partial charge in [-0.25, -0.2) is 9.97 Å². The van der Waals surface area contributed by atoms with Gasteiger partial charge in [-0.1, -0.05) is 0 Å². The highest BCUT2D eigenvalue weighted by Gasteiger charge is 2.22. The molecule has 2 aromatic rings. The molecule has 0 aliphatic rings. The minimum Gasteiger partial charge on any atom is -0.387 e. The number of fused-ring (bicyclic) bond motifs is 1. The third-order valence-electron chi connectivity index (χ3n) is 2.55. The van der Waals surface area contributed by atoms with Crippen molar-refractivity contribution in [3.05, 3.63) is 22.2 Å². The van der Waals surface area contributed by atoms with Crippen LogP contribution in [0.3, 0.4) is 0 Å². The number of H-pyrrole nitrogens is 1. The van der Waals surface area contributed by atoms with Gasteiger partial charge >= 0.3 is 0 Å². The van der Waals surface area contributed by atoms with E-state index in [1.807, 2.05) is 0 Å². The number of anilines is 1. The van der Waals surface area contributed by atoms with E-state index < -0.39 is 24.1 Å². The minimum atomic E-state index is -2.88. The molecular formula is C10H13N5O5. The lowest BCUT2D eigenvalue weighted by atomic mass is 10.1. The van der Waals surface area contributed by atoms with Crippen LogP contribution < -0.4 is 11.3 Å². The number of hydrogen-bond acceptors (Lipinski definition) is 9. The fraction of sp³-hybridized carbons (Fsp3) is 0.400. The molecule has 0 aromatic carbocycles. The molecule has 108 valence electrons. The number of rotatable bonds is 4. The second-order valence-corrected chi connectivity index (χ2v) is 4.25. The molecule has 0 amide bonds. The van der Waals surface area contributed by atoms with E-state index in [0.29, 0.717) is 0 Å². The predicted octanol–water partition coefficient (Wildman–Crippen LogP) is -2.26. The predicted molar refractivity (Wildman–Crippen MR) is 65.9 cm³/mol. The van der Waals surface area contributed by atoms with E-state index in [2.05, 4.69) is 19.9 Å². The summed E-state index contributed by atoms with van der Waals surface area (Å²) in [6.07, 6.45) is -0.726. The Bertz CT molecular complexity index is 680. The highest BCUT2D eigenvalue weighted by molar-refractivity contribution is 5.69. The zero-order valence-electron chi connectivity index (χ0n) is 10.2. The molecule has 2 aromatic heterocycles. The SMILES string of the molecule is Nc1nc2ncc(C(O)CCC(O)(O)O)nc2c(=O)[nH]1. The normalized spacial score (nSPS) is 13.6. The molecule has 0 saturated heterocycles. The fourth-order valence-corrected chi connectivity index (χ4v) is 1.59. The number of aliphatic hydroxyl groups is 4. The van der Waals surface area contributed by atoms with Crippen molar-refractivity contribution in [2.45, 2.75) is 24.9 Å². The Hall–Kier alpha value is -2.14. The van der Waals surface area contributed by atoms with Crippen LogP contribution in [0.15, 0.2) is 11.0 Å². The minimum absolute atomic E-state index is 0.0306. The van der Waals surface area contributed by atoms with Crippen molar-refractivity contribution in [3.63, 3.8) is 0 Å². The number of hydrogen-bond donors (Lipinski definition) is 6. The summed E-state index contributed by atoms with van der Waals surface area (Å²) >= 11 is 0. The molecule has 0 radical (unpaired) electrons. The van der Waals surface area contributed by atoms with E-state index in [4.69, 9.17) is 21.1 Å². The Labute approximate surface area is 111 Å². The van der Waals surface area contributed by atoms with Crippen molar-refractivity contribution in [1.82, 2.24) is 19.9 Å². The molecule has 0 saturated carbocycles. The summed E-state index contributed by atoms with van der Waals surface area (Å²) in [6, 6.07) is 0. The van der Waals surface area contributed by atoms with Crippen LogP contribution in [0.1, 0.15) is 24.6 Å². The molecule has 10 heteroatoms. The third-order valence-corrected chi connectivity index (χ3v) is 2.55. The van der Waals surface area contributed by atoms with Crippen molar-refractivity contribution in [1.29, 1.82) is 0 Å². The van der Waals surface area contributed by atoms with Crippen molar-refractivity contribution in [2.75, 3.05) is 5.73 Å². The van der Waals surface area contributed by atoms with Crippen LogP contribution in [0.25, 0.3) is 11.2 Å². The molecule has 2 rings (SSSR count). The Kier molecular flexibility index (Phi) is 3.63. The largest absolute Gasteiger partial charge is 0.387 e. The summed E-state index contributed by atoms with van der Waals surface area (Å²) in [5, 5.41) is 36.0. The molecule has 0 bridgehead atoms. The summed E-state index contributed by atoms with van der Waals surface area (Å²) in [7, 11) is 0. The lowest BCUT2D eigenvalue weighted by Crippen LogP contribution is -2.27. The summed E-state index contributed by atoms with van der Waals surface area (Å²) in [5.74, 6) is -2.98. The van der Waals surface area contributed by atoms with E-state index in [9.17, 15) is 9.90 Å². The first-order valence-corrected chi connectivity index (χ1v) is 5.64. The zero-order valence-corrected chi connectivity index (χ0v) is 10.2. The monoisotopic (exact) mass is 283 g/mol. The Morgan fingerprint density at radius 2 is 2.05 bits per heavy atom. The molecule has 1 atom stereocenters. The fourth-order valence-electron chi connectivity index (χ4n) is 1.59. The second-order valence-electron chi connectivity index (χ2n) is 4.25. The average Bonchev–Trinajstić information content (AvgIpc) is 2.34. The van der Waals surface area contributed by atoms with E-state index in [1.54, 1.807) is 0 Å². The van der Waals surface area contributed by atoms with Crippen molar-refractivity contribution in [2.24, 2.45) is 0 Å². The van der Waals surface area contributed by atoms with Gasteiger partial charge in [-0.15, -0.1) is 0 Å². The van der Waals surface area contributed by atoms with Gasteiger partial charge in [0.15, 0.2) is 11.2 Å². The van der Waals surface area contributed by atoms with Crippen LogP contribution in [0.2, 0.25) is 0 Å². The van der Waals surface area contributed by atoms with Gasteiger partial charge in [-0.3, -0.25) is 9.78 Å². The van der Waals surface area contributed by atoms with Crippen LogP contribution >= 0.6 is 0 Å². The molecule has 7 N–H and O–H groups in total. The molecule has 20 heavy (non-hydrogen) atoms. The van der Waals surface area contributed by atoms with E-state index in [0.717, 1.165) is 0 Å². The Morgan fingerprint density at radius 1 is 1.35 bits per heavy atom. The van der Waals surface area contributed by atoms with Crippen LogP contribution in [0.4, 0.5) is 5.95 Å². The summed E-state index contributed by atoms with van der Waals surface area (Å²) in [6.45, 7) is 0. The summed E-state index contributed by atoms with van der Waals surface area (Å²) < 4.78 is 0. The Balaban J connectivity index is 2.30. The molecule has 0 aliphatic carbocycles. The van der Waals surface area contributed by atoms with Crippen molar-refractivity contribution < 1.29 is 20.4 Å². The average molecular weight is 283 g/mol. The first-order valence-electron chi connectivity index (χ1n) is 5.64. The lowest BCUT2D eigenvalue weighted by molar-refractivity contribution is -0.316. The van der Waals surface area contributed by atoms with Gasteiger partial charge in [-0.05, 0) is 6.42 Å². The van der Waals surface area contributed by atoms with E-state index >= 15 is 0 Å². The second kappa shape index (κ2) is 5.09. The van der Waals surface area contributed by atoms with Crippen LogP contribution in [-0.4, -0.2) is 46.3 Å². The molecule has 1 unspecified atom stereocenters. The van der Waals surface area contributed by atoms with Gasteiger partial charge in [0, 0.05) is 6.42 Å². The molecule has 0 fully saturated rings. The summed E-state index contributed by atoms with van der Waals surface area (Å²) in [4.78, 5) is 25.4. The molecule has 0 aliphatic heterocycles. The van der Waals surface area contributed by atoms with Gasteiger partial charge in [0.05, 0.1) is 18.0 Å². The molecule has 2 heterocycles. The van der Waals surface area contributed by atoms with Gasteiger partial charge in [-0.2, -0.15) is 4.98 Å². The quantitative estimate of drug-likeness (QED) is 0.338. The number of nitrogens with two attached hydrogens (primary N) is 1. The standard InChI is InChI=1S/C10H13N5O5/c11-9-14-7-6(8(17)15-9)13-4(3-12-7)5(16)1-2-10(18,19)20/h3,5,16,18-20H,1-2H2,(H3,11,12,14,15,17). The lowest BCUT2D eigenvalue weighted by Gasteiger charge is -2.16. The number of aromatic nitrogens is 4. The van der Waals surface area contributed by atoms with Crippen LogP contribution in [0, 0.1) is 0 Å². The number of nitrogens with one attached hydrogen (secondary N) is 1. The highest BCUT2D eigenvalue weighted by Crippen LogP contribution is 2.19. The first kappa shape index (κ1) is 14.3. The van der Waals surface area contributed by atoms with Crippen LogP contribution in [-0.2, 0) is 0 Å². The van der Waals surface area contributed by atoms with Crippen molar-refractivity contribution in [3.8, 4) is 0 Å². The number of nitrogen functional groups attached to an aromatic ring is 1. The number of nitrogens with zero attached hydrogens (tertiary/aromatic N) is 3. The van der Waals surface area contributed by atoms with Gasteiger partial charge in [0.2, 0.25) is 5.95 Å². The van der Waals surface area contributed by atoms with E-state index in [1.165, 1.54) is 6.20 Å². The molecular weight excluding hydrogens is 270 g/mol. The van der Waals surface area contributed by atoms with Crippen molar-refractivity contribution >= 4 is 17.1 Å². The van der Waals surface area contributed by atoms with Gasteiger partial charge < -0.3 is 26.2 Å². The molecule has 10 nitrogen and oxygen atoms in total. The maximum absolute atomic E-state index is 11.6.